The maximum atomic E-state index is 12.9. The Labute approximate surface area is 200 Å². The zero-order valence-corrected chi connectivity index (χ0v) is 20.0. The summed E-state index contributed by atoms with van der Waals surface area (Å²) in [5.74, 6) is 0. The smallest absolute Gasteiger partial charge is 0.410 e. The Hall–Kier alpha value is -3.55. The second-order valence-corrected chi connectivity index (χ2v) is 9.53. The number of benzene rings is 2. The third kappa shape index (κ3) is 5.87. The molecule has 8 heteroatoms. The van der Waals surface area contributed by atoms with E-state index in [0.717, 1.165) is 16.5 Å². The molecule has 1 fully saturated rings. The summed E-state index contributed by atoms with van der Waals surface area (Å²) in [6.45, 7) is 7.56. The first-order valence-corrected chi connectivity index (χ1v) is 11.7. The Morgan fingerprint density at radius 3 is 2.50 bits per heavy atom. The second-order valence-electron chi connectivity index (χ2n) is 9.53. The van der Waals surface area contributed by atoms with Crippen LogP contribution >= 0.6 is 0 Å². The molecule has 1 aliphatic rings. The van der Waals surface area contributed by atoms with E-state index in [0.29, 0.717) is 32.6 Å². The van der Waals surface area contributed by atoms with Crippen molar-refractivity contribution in [3.05, 3.63) is 66.4 Å². The van der Waals surface area contributed by atoms with Crippen LogP contribution in [0.3, 0.4) is 0 Å². The molecule has 2 aromatic carbocycles. The number of carbonyl (C=O) groups excluding carboxylic acids is 2. The van der Waals surface area contributed by atoms with E-state index < -0.39 is 5.60 Å². The quantitative estimate of drug-likeness (QED) is 0.548. The summed E-state index contributed by atoms with van der Waals surface area (Å²) in [6, 6.07) is 17.4. The Morgan fingerprint density at radius 2 is 1.74 bits per heavy atom. The van der Waals surface area contributed by atoms with Crippen LogP contribution in [0.25, 0.3) is 10.9 Å². The summed E-state index contributed by atoms with van der Waals surface area (Å²) >= 11 is 0. The van der Waals surface area contributed by atoms with Crippen LogP contribution in [-0.2, 0) is 22.6 Å². The van der Waals surface area contributed by atoms with E-state index >= 15 is 0 Å². The molecule has 0 bridgehead atoms. The Balaban J connectivity index is 1.44. The number of ether oxygens (including phenoxy) is 2. The van der Waals surface area contributed by atoms with Crippen LogP contribution in [0.2, 0.25) is 0 Å². The lowest BCUT2D eigenvalue weighted by Crippen LogP contribution is -2.57. The van der Waals surface area contributed by atoms with E-state index in [-0.39, 0.29) is 24.8 Å². The minimum Gasteiger partial charge on any atom is -0.445 e. The fraction of sp³-hybridized carbons (Fsp3) is 0.423. The first kappa shape index (κ1) is 23.6. The molecule has 3 aromatic rings. The molecular formula is C26H32N4O4. The molecule has 0 unspecified atom stereocenters. The van der Waals surface area contributed by atoms with Crippen molar-refractivity contribution >= 4 is 23.1 Å². The third-order valence-electron chi connectivity index (χ3n) is 5.80. The van der Waals surface area contributed by atoms with Gasteiger partial charge in [-0.15, -0.1) is 0 Å². The van der Waals surface area contributed by atoms with Crippen molar-refractivity contribution in [2.24, 2.45) is 0 Å². The number of hydrogen-bond acceptors (Lipinski definition) is 5. The number of piperazine rings is 1. The minimum absolute atomic E-state index is 0.212. The van der Waals surface area contributed by atoms with Gasteiger partial charge in [0, 0.05) is 31.6 Å². The molecule has 0 spiro atoms. The van der Waals surface area contributed by atoms with E-state index in [4.69, 9.17) is 9.47 Å². The van der Waals surface area contributed by atoms with E-state index in [1.165, 1.54) is 0 Å². The molecule has 1 atom stereocenters. The van der Waals surface area contributed by atoms with E-state index in [1.54, 1.807) is 9.80 Å². The van der Waals surface area contributed by atoms with Crippen LogP contribution in [0.15, 0.2) is 60.8 Å². The molecule has 34 heavy (non-hydrogen) atoms. The standard InChI is InChI=1S/C26H32N4O4/c1-26(2,3)34-25(32)29-16-15-28(24(31)33-19-20-9-5-4-6-10-20)18-22(29)13-14-30-23-12-8-7-11-21(23)17-27-30/h4-12,17,22H,13-16,18-19H2,1-3H3/t22-/m1/s1. The summed E-state index contributed by atoms with van der Waals surface area (Å²) < 4.78 is 13.1. The van der Waals surface area contributed by atoms with Gasteiger partial charge in [0.05, 0.1) is 17.8 Å². The molecule has 4 rings (SSSR count). The number of hydrogen-bond donors (Lipinski definition) is 0. The molecule has 180 valence electrons. The van der Waals surface area contributed by atoms with Gasteiger partial charge in [0.25, 0.3) is 0 Å². The van der Waals surface area contributed by atoms with Crippen molar-refractivity contribution in [1.82, 2.24) is 19.6 Å². The van der Waals surface area contributed by atoms with Gasteiger partial charge in [0.15, 0.2) is 0 Å². The molecule has 1 aliphatic heterocycles. The van der Waals surface area contributed by atoms with Gasteiger partial charge in [-0.05, 0) is 38.8 Å². The van der Waals surface area contributed by atoms with Crippen LogP contribution in [-0.4, -0.2) is 63.0 Å². The number of para-hydroxylation sites is 1. The zero-order valence-electron chi connectivity index (χ0n) is 20.0. The van der Waals surface area contributed by atoms with Crippen LogP contribution in [0.5, 0.6) is 0 Å². The number of aromatic nitrogens is 2. The number of nitrogens with zero attached hydrogens (tertiary/aromatic N) is 4. The molecule has 0 N–H and O–H groups in total. The molecular weight excluding hydrogens is 432 g/mol. The second kappa shape index (κ2) is 10.2. The highest BCUT2D eigenvalue weighted by Crippen LogP contribution is 2.21. The number of aryl methyl sites for hydroxylation is 1. The normalized spacial score (nSPS) is 16.5. The predicted octanol–water partition coefficient (Wildman–Crippen LogP) is 4.68. The third-order valence-corrected chi connectivity index (χ3v) is 5.80. The SMILES string of the molecule is CC(C)(C)OC(=O)N1CCN(C(=O)OCc2ccccc2)C[C@H]1CCn1ncc2ccccc21. The Kier molecular flexibility index (Phi) is 7.05. The number of amides is 2. The van der Waals surface area contributed by atoms with Crippen molar-refractivity contribution in [1.29, 1.82) is 0 Å². The highest BCUT2D eigenvalue weighted by Gasteiger charge is 2.35. The lowest BCUT2D eigenvalue weighted by Gasteiger charge is -2.41. The average molecular weight is 465 g/mol. The molecule has 0 aliphatic carbocycles. The minimum atomic E-state index is -0.592. The van der Waals surface area contributed by atoms with Gasteiger partial charge in [0.1, 0.15) is 12.2 Å². The maximum Gasteiger partial charge on any atom is 0.410 e. The van der Waals surface area contributed by atoms with Gasteiger partial charge < -0.3 is 19.3 Å². The van der Waals surface area contributed by atoms with E-state index in [1.807, 2.05) is 86.2 Å². The monoisotopic (exact) mass is 464 g/mol. The van der Waals surface area contributed by atoms with Crippen LogP contribution in [0, 0.1) is 0 Å². The summed E-state index contributed by atoms with van der Waals surface area (Å²) in [7, 11) is 0. The van der Waals surface area contributed by atoms with Crippen molar-refractivity contribution < 1.29 is 19.1 Å². The average Bonchev–Trinajstić information content (AvgIpc) is 3.23. The van der Waals surface area contributed by atoms with Gasteiger partial charge in [0.2, 0.25) is 0 Å². The van der Waals surface area contributed by atoms with Crippen molar-refractivity contribution in [2.45, 2.75) is 52.0 Å². The van der Waals surface area contributed by atoms with E-state index in [2.05, 4.69) is 5.10 Å². The van der Waals surface area contributed by atoms with E-state index in [9.17, 15) is 9.59 Å². The Bertz CT molecular complexity index is 1120. The van der Waals surface area contributed by atoms with Crippen LogP contribution < -0.4 is 0 Å². The number of carbonyl (C=O) groups is 2. The predicted molar refractivity (Wildman–Crippen MR) is 129 cm³/mol. The van der Waals surface area contributed by atoms with Crippen molar-refractivity contribution in [3.63, 3.8) is 0 Å². The molecule has 2 heterocycles. The largest absolute Gasteiger partial charge is 0.445 e. The molecule has 0 saturated carbocycles. The fourth-order valence-electron chi connectivity index (χ4n) is 4.12. The summed E-state index contributed by atoms with van der Waals surface area (Å²) in [5, 5.41) is 5.57. The molecule has 2 amide bonds. The van der Waals surface area contributed by atoms with Gasteiger partial charge in [-0.3, -0.25) is 4.68 Å². The molecule has 0 radical (unpaired) electrons. The lowest BCUT2D eigenvalue weighted by molar-refractivity contribution is -0.00508. The van der Waals surface area contributed by atoms with Gasteiger partial charge in [-0.1, -0.05) is 48.5 Å². The molecule has 8 nitrogen and oxygen atoms in total. The zero-order chi connectivity index (χ0) is 24.1. The summed E-state index contributed by atoms with van der Waals surface area (Å²) in [5.41, 5.74) is 1.39. The topological polar surface area (TPSA) is 76.9 Å². The van der Waals surface area contributed by atoms with Gasteiger partial charge in [-0.2, -0.15) is 5.10 Å². The first-order chi connectivity index (χ1) is 16.3. The van der Waals surface area contributed by atoms with Crippen LogP contribution in [0.1, 0.15) is 32.8 Å². The first-order valence-electron chi connectivity index (χ1n) is 11.7. The highest BCUT2D eigenvalue weighted by molar-refractivity contribution is 5.78. The molecule has 1 aromatic heterocycles. The Morgan fingerprint density at radius 1 is 1.00 bits per heavy atom. The van der Waals surface area contributed by atoms with Crippen molar-refractivity contribution in [3.8, 4) is 0 Å². The summed E-state index contributed by atoms with van der Waals surface area (Å²) in [6.07, 6.45) is 1.74. The van der Waals surface area contributed by atoms with Gasteiger partial charge >= 0.3 is 12.2 Å². The lowest BCUT2D eigenvalue weighted by atomic mass is 10.1. The maximum absolute atomic E-state index is 12.9. The van der Waals surface area contributed by atoms with Crippen LogP contribution in [0.4, 0.5) is 9.59 Å². The number of rotatable bonds is 5. The highest BCUT2D eigenvalue weighted by atomic mass is 16.6. The van der Waals surface area contributed by atoms with Crippen molar-refractivity contribution in [2.75, 3.05) is 19.6 Å². The fourth-order valence-corrected chi connectivity index (χ4v) is 4.12. The van der Waals surface area contributed by atoms with Gasteiger partial charge in [-0.25, -0.2) is 9.59 Å². The summed E-state index contributed by atoms with van der Waals surface area (Å²) in [4.78, 5) is 29.1. The molecule has 1 saturated heterocycles. The number of fused-ring (bicyclic) bond motifs is 1.